The van der Waals surface area contributed by atoms with Crippen LogP contribution in [0.4, 0.5) is 5.69 Å². The van der Waals surface area contributed by atoms with Crippen LogP contribution in [0.5, 0.6) is 0 Å². The van der Waals surface area contributed by atoms with Gasteiger partial charge >= 0.3 is 5.97 Å². The van der Waals surface area contributed by atoms with Gasteiger partial charge in [-0.2, -0.15) is 0 Å². The fourth-order valence-corrected chi connectivity index (χ4v) is 4.69. The molecule has 6 nitrogen and oxygen atoms in total. The molecule has 1 aliphatic carbocycles. The Kier molecular flexibility index (Phi) is 4.05. The monoisotopic (exact) mass is 379 g/mol. The molecule has 0 unspecified atom stereocenters. The molecule has 146 valence electrons. The Hall–Kier alpha value is -2.60. The predicted molar refractivity (Wildman–Crippen MR) is 110 cm³/mol. The van der Waals surface area contributed by atoms with Crippen LogP contribution in [0.3, 0.4) is 0 Å². The summed E-state index contributed by atoms with van der Waals surface area (Å²) in [6.07, 6.45) is 10.1. The lowest BCUT2D eigenvalue weighted by atomic mass is 10.0. The quantitative estimate of drug-likeness (QED) is 0.830. The summed E-state index contributed by atoms with van der Waals surface area (Å²) in [6.45, 7) is 2.84. The largest absolute Gasteiger partial charge is 0.462 e. The van der Waals surface area contributed by atoms with E-state index in [0.29, 0.717) is 17.5 Å². The smallest absolute Gasteiger partial charge is 0.343 e. The van der Waals surface area contributed by atoms with Crippen molar-refractivity contribution in [3.05, 3.63) is 45.8 Å². The van der Waals surface area contributed by atoms with Crippen molar-refractivity contribution in [1.82, 2.24) is 4.57 Å². The van der Waals surface area contributed by atoms with Gasteiger partial charge in [0.1, 0.15) is 5.56 Å². The molecule has 0 radical (unpaired) electrons. The highest BCUT2D eigenvalue weighted by atomic mass is 16.5. The number of pyridine rings is 1. The van der Waals surface area contributed by atoms with E-state index in [1.54, 1.807) is 13.1 Å². The van der Waals surface area contributed by atoms with Crippen LogP contribution in [-0.2, 0) is 4.74 Å². The minimum Gasteiger partial charge on any atom is -0.462 e. The van der Waals surface area contributed by atoms with Gasteiger partial charge in [0.2, 0.25) is 5.43 Å². The summed E-state index contributed by atoms with van der Waals surface area (Å²) in [4.78, 5) is 27.9. The number of hydrogen-bond donors (Lipinski definition) is 1. The molecule has 1 aromatic heterocycles. The lowest BCUT2D eigenvalue weighted by molar-refractivity contribution is 0.0524. The Morgan fingerprint density at radius 3 is 2.86 bits per heavy atom. The molecule has 1 aromatic carbocycles. The van der Waals surface area contributed by atoms with E-state index in [2.05, 4.69) is 21.6 Å². The number of fused-ring (bicyclic) bond motifs is 5. The van der Waals surface area contributed by atoms with Crippen LogP contribution in [-0.4, -0.2) is 35.8 Å². The molecule has 2 aliphatic heterocycles. The maximum Gasteiger partial charge on any atom is 0.343 e. The minimum atomic E-state index is -0.542. The summed E-state index contributed by atoms with van der Waals surface area (Å²) in [7, 11) is 0. The fourth-order valence-electron chi connectivity index (χ4n) is 4.69. The van der Waals surface area contributed by atoms with Crippen molar-refractivity contribution in [3.8, 4) is 0 Å². The molecule has 2 aromatic rings. The van der Waals surface area contributed by atoms with Gasteiger partial charge in [-0.1, -0.05) is 12.2 Å². The van der Waals surface area contributed by atoms with Gasteiger partial charge in [-0.15, -0.1) is 0 Å². The van der Waals surface area contributed by atoms with E-state index in [4.69, 9.17) is 10.5 Å². The van der Waals surface area contributed by atoms with E-state index in [-0.39, 0.29) is 23.6 Å². The van der Waals surface area contributed by atoms with Crippen LogP contribution < -0.4 is 16.1 Å². The summed E-state index contributed by atoms with van der Waals surface area (Å²) >= 11 is 0. The number of esters is 1. The third-order valence-electron chi connectivity index (χ3n) is 6.09. The highest BCUT2D eigenvalue weighted by Gasteiger charge is 2.34. The van der Waals surface area contributed by atoms with E-state index in [9.17, 15) is 9.59 Å². The first-order valence-electron chi connectivity index (χ1n) is 10.2. The van der Waals surface area contributed by atoms with E-state index < -0.39 is 5.97 Å². The molecule has 1 saturated heterocycles. The molecule has 6 heteroatoms. The third kappa shape index (κ3) is 2.66. The summed E-state index contributed by atoms with van der Waals surface area (Å²) < 4.78 is 7.25. The number of rotatable bonds is 3. The summed E-state index contributed by atoms with van der Waals surface area (Å²) in [5.74, 6) is -0.542. The second-order valence-corrected chi connectivity index (χ2v) is 8.07. The molecule has 0 amide bonds. The number of ether oxygens (including phenoxy) is 1. The molecule has 3 heterocycles. The zero-order valence-corrected chi connectivity index (χ0v) is 16.1. The van der Waals surface area contributed by atoms with Gasteiger partial charge in [-0.05, 0) is 44.7 Å². The topological polar surface area (TPSA) is 77.6 Å². The Morgan fingerprint density at radius 1 is 1.29 bits per heavy atom. The second kappa shape index (κ2) is 6.48. The van der Waals surface area contributed by atoms with E-state index >= 15 is 0 Å². The standard InChI is InChI=1S/C22H25N3O3/c1-2-28-22(27)18-12-25(14-6-7-14)20-16-5-3-4-15-10-13(23)11-24(15)19(16)9-8-17(20)21(18)26/h3,5,8-9,12-15H,2,4,6-7,10-11,23H2,1H3/t13-,15+/m0/s1. The Bertz CT molecular complexity index is 1050. The molecule has 1 saturated carbocycles. The number of carbonyl (C=O) groups is 1. The van der Waals surface area contributed by atoms with Crippen LogP contribution in [0.25, 0.3) is 17.0 Å². The second-order valence-electron chi connectivity index (χ2n) is 8.07. The first-order valence-corrected chi connectivity index (χ1v) is 10.2. The predicted octanol–water partition coefficient (Wildman–Crippen LogP) is 2.84. The van der Waals surface area contributed by atoms with Gasteiger partial charge in [0.15, 0.2) is 0 Å². The Morgan fingerprint density at radius 2 is 2.11 bits per heavy atom. The van der Waals surface area contributed by atoms with E-state index in [0.717, 1.165) is 49.0 Å². The van der Waals surface area contributed by atoms with Crippen molar-refractivity contribution in [3.63, 3.8) is 0 Å². The van der Waals surface area contributed by atoms with Crippen molar-refractivity contribution in [2.24, 2.45) is 5.73 Å². The van der Waals surface area contributed by atoms with Gasteiger partial charge in [-0.3, -0.25) is 4.79 Å². The van der Waals surface area contributed by atoms with Crippen molar-refractivity contribution in [2.75, 3.05) is 18.1 Å². The van der Waals surface area contributed by atoms with Crippen LogP contribution in [0.15, 0.2) is 29.2 Å². The molecule has 5 rings (SSSR count). The van der Waals surface area contributed by atoms with Crippen molar-refractivity contribution in [1.29, 1.82) is 0 Å². The third-order valence-corrected chi connectivity index (χ3v) is 6.09. The van der Waals surface area contributed by atoms with Crippen molar-refractivity contribution < 1.29 is 9.53 Å². The number of benzene rings is 1. The van der Waals surface area contributed by atoms with Crippen molar-refractivity contribution in [2.45, 2.75) is 50.7 Å². The Labute approximate surface area is 163 Å². The number of hydrogen-bond acceptors (Lipinski definition) is 5. The summed E-state index contributed by atoms with van der Waals surface area (Å²) in [6, 6.07) is 4.81. The molecular weight excluding hydrogens is 354 g/mol. The number of carbonyl (C=O) groups excluding carboxylic acids is 1. The zero-order valence-electron chi connectivity index (χ0n) is 16.1. The van der Waals surface area contributed by atoms with Gasteiger partial charge in [-0.25, -0.2) is 4.79 Å². The van der Waals surface area contributed by atoms with Gasteiger partial charge < -0.3 is 19.9 Å². The van der Waals surface area contributed by atoms with Crippen LogP contribution in [0, 0.1) is 0 Å². The van der Waals surface area contributed by atoms with Crippen molar-refractivity contribution >= 4 is 28.6 Å². The van der Waals surface area contributed by atoms with Crippen LogP contribution in [0.1, 0.15) is 54.6 Å². The first-order chi connectivity index (χ1) is 13.6. The molecule has 0 bridgehead atoms. The van der Waals surface area contributed by atoms with Crippen LogP contribution in [0.2, 0.25) is 0 Å². The average Bonchev–Trinajstić information content (AvgIpc) is 3.47. The number of nitrogens with zero attached hydrogens (tertiary/aromatic N) is 2. The molecule has 28 heavy (non-hydrogen) atoms. The van der Waals surface area contributed by atoms with Gasteiger partial charge in [0.25, 0.3) is 0 Å². The molecule has 2 N–H and O–H groups in total. The molecular formula is C22H25N3O3. The summed E-state index contributed by atoms with van der Waals surface area (Å²) in [5.41, 5.74) is 9.24. The molecule has 2 fully saturated rings. The molecule has 3 aliphatic rings. The fraction of sp³-hybridized carbons (Fsp3) is 0.455. The van der Waals surface area contributed by atoms with Gasteiger partial charge in [0, 0.05) is 47.5 Å². The first kappa shape index (κ1) is 17.5. The lowest BCUT2D eigenvalue weighted by Gasteiger charge is -2.27. The normalized spacial score (nSPS) is 23.4. The maximum absolute atomic E-state index is 13.1. The summed E-state index contributed by atoms with van der Waals surface area (Å²) in [5, 5.41) is 0.586. The number of anilines is 1. The lowest BCUT2D eigenvalue weighted by Crippen LogP contribution is -2.30. The maximum atomic E-state index is 13.1. The number of nitrogens with two attached hydrogens (primary N) is 1. The zero-order chi connectivity index (χ0) is 19.4. The highest BCUT2D eigenvalue weighted by molar-refractivity contribution is 5.99. The highest BCUT2D eigenvalue weighted by Crippen LogP contribution is 2.42. The van der Waals surface area contributed by atoms with E-state index in [1.165, 1.54) is 0 Å². The van der Waals surface area contributed by atoms with Crippen LogP contribution >= 0.6 is 0 Å². The average molecular weight is 379 g/mol. The Balaban J connectivity index is 1.77. The molecule has 0 spiro atoms. The van der Waals surface area contributed by atoms with Gasteiger partial charge in [0.05, 0.1) is 12.1 Å². The SMILES string of the molecule is CCOC(=O)c1cn(C2CC2)c2c3c(ccc2c1=O)N1C[C@@H](N)C[C@H]1CC=C3. The van der Waals surface area contributed by atoms with E-state index in [1.807, 2.05) is 12.1 Å². The number of aromatic nitrogens is 1. The molecule has 2 atom stereocenters. The minimum absolute atomic E-state index is 0.125.